The number of esters is 1. The smallest absolute Gasteiger partial charge is 0.338 e. The molecule has 0 unspecified atom stereocenters. The molecule has 0 atom stereocenters. The third kappa shape index (κ3) is 8.61. The lowest BCUT2D eigenvalue weighted by atomic mass is 10.1. The fraction of sp³-hybridized carbons (Fsp3) is 0.270. The molecule has 1 aromatic carbocycles. The van der Waals surface area contributed by atoms with Crippen molar-refractivity contribution in [3.63, 3.8) is 0 Å². The molecule has 248 valence electrons. The monoisotopic (exact) mass is 994 g/mol. The molecule has 8 bridgehead atoms. The van der Waals surface area contributed by atoms with Gasteiger partial charge in [-0.1, -0.05) is 19.6 Å². The number of fused-ring (bicyclic) bond motifs is 8. The van der Waals surface area contributed by atoms with Crippen LogP contribution >= 0.6 is 67.8 Å². The minimum Gasteiger partial charge on any atom is -0.494 e. The zero-order valence-corrected chi connectivity index (χ0v) is 34.6. The zero-order chi connectivity index (χ0) is 33.8. The number of H-pyrrole nitrogens is 2. The highest BCUT2D eigenvalue weighted by molar-refractivity contribution is 14.1. The van der Waals surface area contributed by atoms with Crippen molar-refractivity contribution in [2.45, 2.75) is 51.4 Å². The average molecular weight is 995 g/mol. The highest BCUT2D eigenvalue weighted by Crippen LogP contribution is 2.29. The summed E-state index contributed by atoms with van der Waals surface area (Å²) in [5.74, 6) is 0.489. The molecule has 2 N–H and O–H groups in total. The number of hydrogen-bond acceptors (Lipinski definition) is 5. The summed E-state index contributed by atoms with van der Waals surface area (Å²) in [4.78, 5) is 29.7. The molecule has 4 aromatic rings. The summed E-state index contributed by atoms with van der Waals surface area (Å²) in [7, 11) is -1.24. The lowest BCUT2D eigenvalue weighted by Crippen LogP contribution is -2.22. The van der Waals surface area contributed by atoms with E-state index in [2.05, 4.69) is 146 Å². The van der Waals surface area contributed by atoms with Crippen molar-refractivity contribution in [2.24, 2.45) is 0 Å². The summed E-state index contributed by atoms with van der Waals surface area (Å²) >= 11 is 7.15. The second kappa shape index (κ2) is 15.6. The zero-order valence-electron chi connectivity index (χ0n) is 27.1. The van der Waals surface area contributed by atoms with Gasteiger partial charge in [0.25, 0.3) is 0 Å². The molecule has 3 aromatic heterocycles. The molecule has 0 spiro atoms. The van der Waals surface area contributed by atoms with Crippen LogP contribution in [0.1, 0.15) is 58.0 Å². The highest BCUT2D eigenvalue weighted by Gasteiger charge is 2.16. The molecule has 0 amide bonds. The number of nitrogens with zero attached hydrogens (tertiary/aromatic N) is 2. The molecule has 2 aliphatic heterocycles. The number of aromatic amines is 2. The van der Waals surface area contributed by atoms with Crippen molar-refractivity contribution in [3.8, 4) is 5.75 Å². The van der Waals surface area contributed by atoms with E-state index in [1.807, 2.05) is 12.1 Å². The first-order chi connectivity index (χ1) is 23.1. The van der Waals surface area contributed by atoms with Crippen LogP contribution in [0, 0.1) is 10.7 Å². The van der Waals surface area contributed by atoms with Crippen molar-refractivity contribution < 1.29 is 14.3 Å². The number of halogens is 3. The number of benzene rings is 1. The maximum absolute atomic E-state index is 12.4. The van der Waals surface area contributed by atoms with Crippen molar-refractivity contribution in [2.75, 3.05) is 13.2 Å². The van der Waals surface area contributed by atoms with E-state index in [1.54, 1.807) is 12.1 Å². The summed E-state index contributed by atoms with van der Waals surface area (Å²) in [5, 5.41) is 0. The first-order valence-electron chi connectivity index (χ1n) is 16.1. The average Bonchev–Trinajstić information content (AvgIpc) is 3.89. The number of hydrogen-bond donors (Lipinski definition) is 2. The Morgan fingerprint density at radius 3 is 1.90 bits per heavy atom. The fourth-order valence-corrected chi connectivity index (χ4v) is 7.98. The van der Waals surface area contributed by atoms with Crippen molar-refractivity contribution in [3.05, 3.63) is 93.1 Å². The van der Waals surface area contributed by atoms with Crippen LogP contribution in [-0.4, -0.2) is 47.2 Å². The summed E-state index contributed by atoms with van der Waals surface area (Å²) in [5.41, 5.74) is 9.83. The van der Waals surface area contributed by atoms with Gasteiger partial charge in [-0.2, -0.15) is 0 Å². The molecule has 0 aliphatic carbocycles. The predicted molar refractivity (Wildman–Crippen MR) is 225 cm³/mol. The normalized spacial score (nSPS) is 12.5. The van der Waals surface area contributed by atoms with Gasteiger partial charge in [-0.3, -0.25) is 0 Å². The molecule has 6 rings (SSSR count). The van der Waals surface area contributed by atoms with Gasteiger partial charge in [0.15, 0.2) is 0 Å². The largest absolute Gasteiger partial charge is 0.494 e. The van der Waals surface area contributed by atoms with E-state index in [1.165, 1.54) is 5.56 Å². The van der Waals surface area contributed by atoms with Crippen LogP contribution < -0.4 is 4.74 Å². The van der Waals surface area contributed by atoms with Crippen LogP contribution in [0.4, 0.5) is 0 Å². The van der Waals surface area contributed by atoms with E-state index in [-0.39, 0.29) is 5.97 Å². The molecule has 48 heavy (non-hydrogen) atoms. The SMILES string of the molecule is C[Si](C)(C)CCOC(=O)c1ccc(OCCCCCc2c3nc(c(I)c4nc(c(I)c5ccc([nH]5)c(I)c5ccc2[nH]5)C=C4)C=C3)cc1. The summed E-state index contributed by atoms with van der Waals surface area (Å²) in [6.07, 6.45) is 12.2. The first kappa shape index (κ1) is 35.3. The maximum atomic E-state index is 12.4. The van der Waals surface area contributed by atoms with Crippen molar-refractivity contribution in [1.82, 2.24) is 19.9 Å². The van der Waals surface area contributed by atoms with Crippen LogP contribution in [0.2, 0.25) is 25.7 Å². The van der Waals surface area contributed by atoms with Gasteiger partial charge in [0.1, 0.15) is 5.75 Å². The van der Waals surface area contributed by atoms with Gasteiger partial charge < -0.3 is 19.4 Å². The van der Waals surface area contributed by atoms with Crippen molar-refractivity contribution >= 4 is 128 Å². The molecular weight excluding hydrogens is 957 g/mol. The number of carbonyl (C=O) groups excluding carboxylic acids is 1. The van der Waals surface area contributed by atoms with Gasteiger partial charge in [0.05, 0.1) is 68.8 Å². The number of aryl methyl sites for hydroxylation is 1. The minimum absolute atomic E-state index is 0.273. The number of rotatable bonds is 11. The standard InChI is InChI=1S/C37H37I3N4O3Si/c1-48(2,3)22-21-47-37(45)23-8-10-24(11-9-23)46-20-6-4-5-7-25-26-12-14-28(41-26)34(38)30-16-18-32(43-30)36(40)33-19-17-31(44-33)35(39)29-15-13-27(25)42-29/h8-19,41,43H,4-7,20-22H2,1-3H3. The summed E-state index contributed by atoms with van der Waals surface area (Å²) in [6.45, 7) is 7.92. The van der Waals surface area contributed by atoms with Gasteiger partial charge >= 0.3 is 5.97 Å². The van der Waals surface area contributed by atoms with Crippen LogP contribution in [0.3, 0.4) is 0 Å². The Hall–Kier alpha value is -2.50. The van der Waals surface area contributed by atoms with E-state index in [9.17, 15) is 4.79 Å². The third-order valence-electron chi connectivity index (χ3n) is 8.19. The van der Waals surface area contributed by atoms with E-state index in [0.717, 1.165) is 93.0 Å². The van der Waals surface area contributed by atoms with Gasteiger partial charge in [0, 0.05) is 19.2 Å². The molecular formula is C37H37I3N4O3Si. The molecule has 0 saturated carbocycles. The Labute approximate surface area is 322 Å². The van der Waals surface area contributed by atoms with E-state index < -0.39 is 8.07 Å². The Morgan fingerprint density at radius 2 is 1.23 bits per heavy atom. The van der Waals surface area contributed by atoms with Crippen LogP contribution in [0.5, 0.6) is 5.75 Å². The Kier molecular flexibility index (Phi) is 11.5. The number of ether oxygens (including phenoxy) is 2. The molecule has 0 saturated heterocycles. The minimum atomic E-state index is -1.24. The van der Waals surface area contributed by atoms with E-state index in [0.29, 0.717) is 18.8 Å². The molecule has 0 radical (unpaired) electrons. The highest BCUT2D eigenvalue weighted by atomic mass is 127. The van der Waals surface area contributed by atoms with E-state index >= 15 is 0 Å². The quantitative estimate of drug-likeness (QED) is 0.0584. The molecule has 7 nitrogen and oxygen atoms in total. The third-order valence-corrected chi connectivity index (χ3v) is 13.3. The van der Waals surface area contributed by atoms with Gasteiger partial charge in [0.2, 0.25) is 0 Å². The topological polar surface area (TPSA) is 92.9 Å². The number of nitrogens with one attached hydrogen (secondary N) is 2. The Bertz CT molecular complexity index is 2060. The first-order valence-corrected chi connectivity index (χ1v) is 23.0. The number of carbonyl (C=O) groups is 1. The molecule has 2 aliphatic rings. The van der Waals surface area contributed by atoms with Gasteiger partial charge in [-0.15, -0.1) is 0 Å². The van der Waals surface area contributed by atoms with E-state index in [4.69, 9.17) is 19.4 Å². The summed E-state index contributed by atoms with van der Waals surface area (Å²) in [6, 6.07) is 16.8. The lowest BCUT2D eigenvalue weighted by Gasteiger charge is -2.15. The van der Waals surface area contributed by atoms with Crippen LogP contribution in [-0.2, 0) is 11.2 Å². The molecule has 5 heterocycles. The molecule has 0 fully saturated rings. The summed E-state index contributed by atoms with van der Waals surface area (Å²) < 4.78 is 14.7. The maximum Gasteiger partial charge on any atom is 0.338 e. The van der Waals surface area contributed by atoms with Crippen molar-refractivity contribution in [1.29, 1.82) is 0 Å². The molecule has 11 heteroatoms. The Balaban J connectivity index is 1.16. The Morgan fingerprint density at radius 1 is 0.667 bits per heavy atom. The van der Waals surface area contributed by atoms with Gasteiger partial charge in [-0.05, 0) is 172 Å². The predicted octanol–water partition coefficient (Wildman–Crippen LogP) is 10.8. The second-order valence-electron chi connectivity index (χ2n) is 13.1. The number of unbranched alkanes of at least 4 members (excludes halogenated alkanes) is 2. The lowest BCUT2D eigenvalue weighted by molar-refractivity contribution is 0.0525. The number of aromatic nitrogens is 4. The second-order valence-corrected chi connectivity index (χ2v) is 21.9. The van der Waals surface area contributed by atoms with Crippen LogP contribution in [0.25, 0.3) is 46.4 Å². The fourth-order valence-electron chi connectivity index (χ4n) is 5.42. The van der Waals surface area contributed by atoms with Gasteiger partial charge in [-0.25, -0.2) is 14.8 Å². The van der Waals surface area contributed by atoms with Crippen LogP contribution in [0.15, 0.2) is 48.5 Å².